The van der Waals surface area contributed by atoms with Crippen molar-refractivity contribution in [2.75, 3.05) is 5.43 Å². The van der Waals surface area contributed by atoms with E-state index in [1.54, 1.807) is 6.92 Å². The summed E-state index contributed by atoms with van der Waals surface area (Å²) in [6.07, 6.45) is 0. The molecular weight excluding hydrogens is 278 g/mol. The molecule has 0 radical (unpaired) electrons. The number of aromatic nitrogens is 2. The number of benzene rings is 1. The fourth-order valence-electron chi connectivity index (χ4n) is 1.67. The van der Waals surface area contributed by atoms with Gasteiger partial charge in [-0.05, 0) is 19.1 Å². The Labute approximate surface area is 121 Å². The first-order valence-electron chi connectivity index (χ1n) is 6.40. The molecule has 1 aromatic heterocycles. The Balaban J connectivity index is 2.47. The first-order chi connectivity index (χ1) is 9.92. The fourth-order valence-corrected chi connectivity index (χ4v) is 1.67. The average molecular weight is 294 g/mol. The number of rotatable bonds is 4. The van der Waals surface area contributed by atoms with Crippen molar-refractivity contribution in [3.05, 3.63) is 41.2 Å². The molecule has 0 aliphatic rings. The number of nitrogens with one attached hydrogen (secondary N) is 1. The van der Waals surface area contributed by atoms with Crippen molar-refractivity contribution < 1.29 is 13.5 Å². The predicted molar refractivity (Wildman–Crippen MR) is 75.1 cm³/mol. The number of hydrazine groups is 1. The van der Waals surface area contributed by atoms with Crippen LogP contribution in [0.4, 0.5) is 14.6 Å². The van der Waals surface area contributed by atoms with E-state index in [4.69, 9.17) is 10.6 Å². The van der Waals surface area contributed by atoms with E-state index in [1.165, 1.54) is 0 Å². The molecule has 21 heavy (non-hydrogen) atoms. The Morgan fingerprint density at radius 3 is 2.57 bits per heavy atom. The molecule has 0 atom stereocenters. The number of nitrogens with zero attached hydrogens (tertiary/aromatic N) is 2. The van der Waals surface area contributed by atoms with Crippen LogP contribution in [0.2, 0.25) is 0 Å². The van der Waals surface area contributed by atoms with Gasteiger partial charge in [0.25, 0.3) is 0 Å². The van der Waals surface area contributed by atoms with E-state index in [2.05, 4.69) is 15.4 Å². The molecule has 0 saturated carbocycles. The van der Waals surface area contributed by atoms with Crippen molar-refractivity contribution in [3.63, 3.8) is 0 Å². The summed E-state index contributed by atoms with van der Waals surface area (Å²) in [6.45, 7) is 5.47. The molecule has 0 unspecified atom stereocenters. The number of hydrogen-bond acceptors (Lipinski definition) is 5. The Hall–Kier alpha value is -2.28. The van der Waals surface area contributed by atoms with E-state index in [-0.39, 0.29) is 17.5 Å². The van der Waals surface area contributed by atoms with Gasteiger partial charge in [-0.25, -0.2) is 19.6 Å². The van der Waals surface area contributed by atoms with E-state index in [9.17, 15) is 8.78 Å². The molecule has 1 heterocycles. The van der Waals surface area contributed by atoms with Crippen LogP contribution in [0.3, 0.4) is 0 Å². The summed E-state index contributed by atoms with van der Waals surface area (Å²) in [5.74, 6) is 4.91. The van der Waals surface area contributed by atoms with E-state index >= 15 is 0 Å². The smallest absolute Gasteiger partial charge is 0.227 e. The van der Waals surface area contributed by atoms with Crippen molar-refractivity contribution in [2.24, 2.45) is 5.84 Å². The van der Waals surface area contributed by atoms with Gasteiger partial charge in [0.2, 0.25) is 5.88 Å². The first-order valence-corrected chi connectivity index (χ1v) is 6.40. The van der Waals surface area contributed by atoms with Gasteiger partial charge in [-0.15, -0.1) is 0 Å². The maximum absolute atomic E-state index is 13.7. The van der Waals surface area contributed by atoms with Gasteiger partial charge in [-0.1, -0.05) is 13.8 Å². The van der Waals surface area contributed by atoms with Crippen LogP contribution in [0.25, 0.3) is 0 Å². The Kier molecular flexibility index (Phi) is 4.32. The molecule has 0 spiro atoms. The Morgan fingerprint density at radius 1 is 1.24 bits per heavy atom. The lowest BCUT2D eigenvalue weighted by Crippen LogP contribution is -2.13. The standard InChI is InChI=1S/C14H16F2N4O/c1-7(2)12-18-13(20-17)8(3)14(19-12)21-11-6-9(15)4-5-10(11)16/h4-7H,17H2,1-3H3,(H,18,19,20). The van der Waals surface area contributed by atoms with Crippen LogP contribution in [0.15, 0.2) is 18.2 Å². The average Bonchev–Trinajstić information content (AvgIpc) is 2.44. The largest absolute Gasteiger partial charge is 0.435 e. The molecule has 0 bridgehead atoms. The minimum atomic E-state index is -0.678. The highest BCUT2D eigenvalue weighted by Gasteiger charge is 2.16. The van der Waals surface area contributed by atoms with Gasteiger partial charge >= 0.3 is 0 Å². The third kappa shape index (κ3) is 3.25. The zero-order chi connectivity index (χ0) is 15.6. The second-order valence-corrected chi connectivity index (χ2v) is 4.84. The van der Waals surface area contributed by atoms with Crippen molar-refractivity contribution >= 4 is 5.82 Å². The predicted octanol–water partition coefficient (Wildman–Crippen LogP) is 3.26. The molecule has 1 aromatic carbocycles. The van der Waals surface area contributed by atoms with Crippen LogP contribution in [0.5, 0.6) is 11.6 Å². The molecule has 0 fully saturated rings. The summed E-state index contributed by atoms with van der Waals surface area (Å²) in [5.41, 5.74) is 2.95. The molecule has 0 aliphatic carbocycles. The minimum Gasteiger partial charge on any atom is -0.435 e. The normalized spacial score (nSPS) is 10.8. The van der Waals surface area contributed by atoms with Gasteiger partial charge < -0.3 is 10.2 Å². The maximum Gasteiger partial charge on any atom is 0.227 e. The van der Waals surface area contributed by atoms with Crippen LogP contribution in [-0.2, 0) is 0 Å². The van der Waals surface area contributed by atoms with E-state index in [0.29, 0.717) is 17.2 Å². The second kappa shape index (κ2) is 6.01. The van der Waals surface area contributed by atoms with Gasteiger partial charge in [0.1, 0.15) is 11.6 Å². The molecule has 0 amide bonds. The highest BCUT2D eigenvalue weighted by Crippen LogP contribution is 2.30. The zero-order valence-corrected chi connectivity index (χ0v) is 11.9. The van der Waals surface area contributed by atoms with Crippen LogP contribution in [-0.4, -0.2) is 9.97 Å². The lowest BCUT2D eigenvalue weighted by molar-refractivity contribution is 0.416. The molecule has 0 saturated heterocycles. The van der Waals surface area contributed by atoms with Crippen LogP contribution in [0.1, 0.15) is 31.2 Å². The van der Waals surface area contributed by atoms with Crippen molar-refractivity contribution in [3.8, 4) is 11.6 Å². The van der Waals surface area contributed by atoms with Gasteiger partial charge in [0, 0.05) is 12.0 Å². The fraction of sp³-hybridized carbons (Fsp3) is 0.286. The topological polar surface area (TPSA) is 73.1 Å². The number of ether oxygens (including phenoxy) is 1. The number of halogens is 2. The molecule has 5 nitrogen and oxygen atoms in total. The van der Waals surface area contributed by atoms with Gasteiger partial charge in [0.15, 0.2) is 17.4 Å². The van der Waals surface area contributed by atoms with Gasteiger partial charge in [-0.3, -0.25) is 0 Å². The Bertz CT molecular complexity index is 662. The molecule has 112 valence electrons. The summed E-state index contributed by atoms with van der Waals surface area (Å²) in [7, 11) is 0. The SMILES string of the molecule is Cc1c(NN)nc(C(C)C)nc1Oc1cc(F)ccc1F. The summed E-state index contributed by atoms with van der Waals surface area (Å²) in [4.78, 5) is 8.47. The second-order valence-electron chi connectivity index (χ2n) is 4.84. The van der Waals surface area contributed by atoms with Gasteiger partial charge in [0.05, 0.1) is 5.56 Å². The van der Waals surface area contributed by atoms with Crippen LogP contribution >= 0.6 is 0 Å². The molecule has 0 aliphatic heterocycles. The van der Waals surface area contributed by atoms with Gasteiger partial charge in [-0.2, -0.15) is 4.98 Å². The molecule has 2 aromatic rings. The minimum absolute atomic E-state index is 0.0254. The number of nitrogens with two attached hydrogens (primary N) is 1. The molecule has 2 rings (SSSR count). The summed E-state index contributed by atoms with van der Waals surface area (Å²) in [5, 5.41) is 0. The number of hydrogen-bond donors (Lipinski definition) is 2. The Morgan fingerprint density at radius 2 is 1.95 bits per heavy atom. The van der Waals surface area contributed by atoms with Crippen molar-refractivity contribution in [1.82, 2.24) is 9.97 Å². The highest BCUT2D eigenvalue weighted by atomic mass is 19.1. The summed E-state index contributed by atoms with van der Waals surface area (Å²) in [6, 6.07) is 2.97. The van der Waals surface area contributed by atoms with Crippen molar-refractivity contribution in [2.45, 2.75) is 26.7 Å². The quantitative estimate of drug-likeness (QED) is 0.669. The summed E-state index contributed by atoms with van der Waals surface area (Å²) >= 11 is 0. The molecular formula is C14H16F2N4O. The van der Waals surface area contributed by atoms with Crippen molar-refractivity contribution in [1.29, 1.82) is 0 Å². The molecule has 3 N–H and O–H groups in total. The maximum atomic E-state index is 13.7. The van der Waals surface area contributed by atoms with E-state index in [0.717, 1.165) is 18.2 Å². The zero-order valence-electron chi connectivity index (χ0n) is 11.9. The molecule has 7 heteroatoms. The monoisotopic (exact) mass is 294 g/mol. The van der Waals surface area contributed by atoms with E-state index in [1.807, 2.05) is 13.8 Å². The number of nitrogen functional groups attached to an aromatic ring is 1. The lowest BCUT2D eigenvalue weighted by Gasteiger charge is -2.14. The third-order valence-electron chi connectivity index (χ3n) is 2.87. The van der Waals surface area contributed by atoms with Crippen LogP contribution in [0, 0.1) is 18.6 Å². The lowest BCUT2D eigenvalue weighted by atomic mass is 10.2. The highest BCUT2D eigenvalue weighted by molar-refractivity contribution is 5.49. The van der Waals surface area contributed by atoms with E-state index < -0.39 is 11.6 Å². The van der Waals surface area contributed by atoms with Crippen LogP contribution < -0.4 is 16.0 Å². The number of anilines is 1. The summed E-state index contributed by atoms with van der Waals surface area (Å²) < 4.78 is 32.2. The third-order valence-corrected chi connectivity index (χ3v) is 2.87. The first kappa shape index (κ1) is 15.1.